The van der Waals surface area contributed by atoms with Gasteiger partial charge in [0.15, 0.2) is 0 Å². The van der Waals surface area contributed by atoms with Gasteiger partial charge in [-0.1, -0.05) is 48.0 Å². The topological polar surface area (TPSA) is 29.0 Å². The third-order valence-corrected chi connectivity index (χ3v) is 5.80. The van der Waals surface area contributed by atoms with Crippen LogP contribution in [0.5, 0.6) is 0 Å². The molecule has 146 valence electrons. The molecule has 0 fully saturated rings. The van der Waals surface area contributed by atoms with Crippen molar-refractivity contribution in [2.45, 2.75) is 39.7 Å². The standard InChI is InChI=1S/C23H24ClN3.ClH/c1-15-16(2)25-22(14-18-8-10-20(24)11-9-18)26-23(15)27-13-12-19-6-4-5-7-21(19)17(27)3;/h4-11,17H,12-14H2,1-3H3;1H/t17-;/m0./s1. The number of rotatable bonds is 3. The smallest absolute Gasteiger partial charge is 0.136 e. The summed E-state index contributed by atoms with van der Waals surface area (Å²) in [6.07, 6.45) is 1.76. The lowest BCUT2D eigenvalue weighted by Crippen LogP contribution is -2.35. The van der Waals surface area contributed by atoms with Crippen LogP contribution in [-0.4, -0.2) is 16.5 Å². The second kappa shape index (κ2) is 8.50. The van der Waals surface area contributed by atoms with E-state index < -0.39 is 0 Å². The number of hydrogen-bond acceptors (Lipinski definition) is 3. The molecule has 1 atom stereocenters. The van der Waals surface area contributed by atoms with E-state index in [2.05, 4.69) is 49.9 Å². The fraction of sp³-hybridized carbons (Fsp3) is 0.304. The molecule has 4 rings (SSSR count). The third kappa shape index (κ3) is 4.01. The second-order valence-corrected chi connectivity index (χ2v) is 7.73. The predicted octanol–water partition coefficient (Wildman–Crippen LogP) is 5.88. The summed E-state index contributed by atoms with van der Waals surface area (Å²) < 4.78 is 0. The molecule has 5 heteroatoms. The van der Waals surface area contributed by atoms with Crippen molar-refractivity contribution < 1.29 is 0 Å². The molecule has 1 aliphatic rings. The lowest BCUT2D eigenvalue weighted by Gasteiger charge is -2.37. The number of fused-ring (bicyclic) bond motifs is 1. The Bertz CT molecular complexity index is 970. The fourth-order valence-corrected chi connectivity index (χ4v) is 4.00. The minimum Gasteiger partial charge on any atom is -0.349 e. The highest BCUT2D eigenvalue weighted by Gasteiger charge is 2.26. The van der Waals surface area contributed by atoms with Gasteiger partial charge in [-0.25, -0.2) is 9.97 Å². The van der Waals surface area contributed by atoms with Crippen LogP contribution in [0.3, 0.4) is 0 Å². The van der Waals surface area contributed by atoms with Gasteiger partial charge in [0.25, 0.3) is 0 Å². The predicted molar refractivity (Wildman–Crippen MR) is 119 cm³/mol. The van der Waals surface area contributed by atoms with Gasteiger partial charge in [0, 0.05) is 29.2 Å². The maximum atomic E-state index is 6.01. The molecule has 1 aromatic heterocycles. The number of hydrogen-bond donors (Lipinski definition) is 0. The fourth-order valence-electron chi connectivity index (χ4n) is 3.88. The zero-order chi connectivity index (χ0) is 19.0. The van der Waals surface area contributed by atoms with Gasteiger partial charge in [0.1, 0.15) is 11.6 Å². The van der Waals surface area contributed by atoms with Crippen molar-refractivity contribution in [3.05, 3.63) is 87.3 Å². The molecule has 0 radical (unpaired) electrons. The number of nitrogens with zero attached hydrogens (tertiary/aromatic N) is 3. The van der Waals surface area contributed by atoms with Gasteiger partial charge in [-0.3, -0.25) is 0 Å². The Kier molecular flexibility index (Phi) is 6.26. The van der Waals surface area contributed by atoms with Gasteiger partial charge in [-0.15, -0.1) is 12.4 Å². The molecular formula is C23H25Cl2N3. The van der Waals surface area contributed by atoms with Gasteiger partial charge < -0.3 is 4.90 Å². The van der Waals surface area contributed by atoms with Crippen LogP contribution in [0, 0.1) is 13.8 Å². The molecule has 0 N–H and O–H groups in total. The zero-order valence-corrected chi connectivity index (χ0v) is 18.0. The summed E-state index contributed by atoms with van der Waals surface area (Å²) in [5, 5.41) is 0.751. The van der Waals surface area contributed by atoms with Crippen LogP contribution in [0.1, 0.15) is 46.7 Å². The second-order valence-electron chi connectivity index (χ2n) is 7.30. The first-order valence-corrected chi connectivity index (χ1v) is 9.83. The molecular weight excluding hydrogens is 389 g/mol. The molecule has 3 aromatic rings. The molecule has 0 saturated heterocycles. The van der Waals surface area contributed by atoms with Crippen molar-refractivity contribution in [1.29, 1.82) is 0 Å². The summed E-state index contributed by atoms with van der Waals surface area (Å²) in [6, 6.07) is 17.0. The number of aromatic nitrogens is 2. The van der Waals surface area contributed by atoms with Gasteiger partial charge in [-0.2, -0.15) is 0 Å². The average molecular weight is 414 g/mol. The van der Waals surface area contributed by atoms with E-state index in [4.69, 9.17) is 21.6 Å². The summed E-state index contributed by atoms with van der Waals surface area (Å²) in [4.78, 5) is 12.2. The quantitative estimate of drug-likeness (QED) is 0.536. The molecule has 0 amide bonds. The highest BCUT2D eigenvalue weighted by molar-refractivity contribution is 6.30. The molecule has 0 aliphatic carbocycles. The normalized spacial score (nSPS) is 15.7. The molecule has 2 heterocycles. The summed E-state index contributed by atoms with van der Waals surface area (Å²) >= 11 is 6.01. The van der Waals surface area contributed by atoms with Crippen LogP contribution in [0.25, 0.3) is 0 Å². The van der Waals surface area contributed by atoms with Crippen LogP contribution in [0.15, 0.2) is 48.5 Å². The molecule has 3 nitrogen and oxygen atoms in total. The van der Waals surface area contributed by atoms with E-state index in [9.17, 15) is 0 Å². The van der Waals surface area contributed by atoms with Crippen molar-refractivity contribution in [1.82, 2.24) is 9.97 Å². The van der Waals surface area contributed by atoms with Gasteiger partial charge in [-0.05, 0) is 56.0 Å². The minimum atomic E-state index is 0. The molecule has 0 spiro atoms. The van der Waals surface area contributed by atoms with Crippen LogP contribution >= 0.6 is 24.0 Å². The summed E-state index contributed by atoms with van der Waals surface area (Å²) in [6.45, 7) is 7.46. The average Bonchev–Trinajstić information content (AvgIpc) is 2.67. The number of anilines is 1. The Morgan fingerprint density at radius 1 is 1.04 bits per heavy atom. The molecule has 0 unspecified atom stereocenters. The Morgan fingerprint density at radius 2 is 1.75 bits per heavy atom. The van der Waals surface area contributed by atoms with E-state index >= 15 is 0 Å². The first kappa shape index (κ1) is 20.6. The number of aryl methyl sites for hydroxylation is 1. The van der Waals surface area contributed by atoms with Crippen molar-refractivity contribution in [3.63, 3.8) is 0 Å². The van der Waals surface area contributed by atoms with Crippen molar-refractivity contribution in [2.75, 3.05) is 11.4 Å². The molecule has 1 aliphatic heterocycles. The SMILES string of the molecule is Cc1nc(Cc2ccc(Cl)cc2)nc(N2CCc3ccccc3[C@@H]2C)c1C.Cl. The summed E-state index contributed by atoms with van der Waals surface area (Å²) in [7, 11) is 0. The first-order valence-electron chi connectivity index (χ1n) is 9.46. The van der Waals surface area contributed by atoms with E-state index in [1.165, 1.54) is 22.3 Å². The third-order valence-electron chi connectivity index (χ3n) is 5.55. The lowest BCUT2D eigenvalue weighted by molar-refractivity contribution is 0.612. The minimum absolute atomic E-state index is 0. The van der Waals surface area contributed by atoms with E-state index in [1.54, 1.807) is 0 Å². The van der Waals surface area contributed by atoms with Crippen LogP contribution in [0.2, 0.25) is 5.02 Å². The van der Waals surface area contributed by atoms with Crippen molar-refractivity contribution >= 4 is 29.8 Å². The summed E-state index contributed by atoms with van der Waals surface area (Å²) in [5.74, 6) is 1.93. The van der Waals surface area contributed by atoms with E-state index in [0.717, 1.165) is 35.3 Å². The van der Waals surface area contributed by atoms with E-state index in [1.807, 2.05) is 24.3 Å². The van der Waals surface area contributed by atoms with Gasteiger partial charge >= 0.3 is 0 Å². The molecule has 28 heavy (non-hydrogen) atoms. The summed E-state index contributed by atoms with van der Waals surface area (Å²) in [5.41, 5.74) is 6.24. The van der Waals surface area contributed by atoms with Gasteiger partial charge in [0.05, 0.1) is 6.04 Å². The Hall–Kier alpha value is -2.10. The highest BCUT2D eigenvalue weighted by Crippen LogP contribution is 2.34. The largest absolute Gasteiger partial charge is 0.349 e. The van der Waals surface area contributed by atoms with Crippen molar-refractivity contribution in [2.24, 2.45) is 0 Å². The molecule has 2 aromatic carbocycles. The Morgan fingerprint density at radius 3 is 2.50 bits per heavy atom. The Labute approximate surface area is 178 Å². The van der Waals surface area contributed by atoms with E-state index in [-0.39, 0.29) is 12.4 Å². The zero-order valence-electron chi connectivity index (χ0n) is 16.4. The van der Waals surface area contributed by atoms with Gasteiger partial charge in [0.2, 0.25) is 0 Å². The van der Waals surface area contributed by atoms with Crippen LogP contribution in [0.4, 0.5) is 5.82 Å². The highest BCUT2D eigenvalue weighted by atomic mass is 35.5. The lowest BCUT2D eigenvalue weighted by atomic mass is 9.93. The van der Waals surface area contributed by atoms with Crippen LogP contribution in [-0.2, 0) is 12.8 Å². The van der Waals surface area contributed by atoms with E-state index in [0.29, 0.717) is 12.5 Å². The first-order chi connectivity index (χ1) is 13.0. The van der Waals surface area contributed by atoms with Crippen LogP contribution < -0.4 is 4.90 Å². The number of benzene rings is 2. The Balaban J connectivity index is 0.00000225. The maximum absolute atomic E-state index is 6.01. The number of halogens is 2. The molecule has 0 bridgehead atoms. The van der Waals surface area contributed by atoms with Crippen molar-refractivity contribution in [3.8, 4) is 0 Å². The molecule has 0 saturated carbocycles. The monoisotopic (exact) mass is 413 g/mol. The maximum Gasteiger partial charge on any atom is 0.136 e.